The van der Waals surface area contributed by atoms with Crippen LogP contribution in [0.25, 0.3) is 17.0 Å². The maximum Gasteiger partial charge on any atom is 0.184 e. The van der Waals surface area contributed by atoms with Crippen LogP contribution in [0.15, 0.2) is 36.4 Å². The van der Waals surface area contributed by atoms with Crippen molar-refractivity contribution in [1.29, 1.82) is 0 Å². The third-order valence-electron chi connectivity index (χ3n) is 2.86. The van der Waals surface area contributed by atoms with Crippen LogP contribution in [0.3, 0.4) is 0 Å². The van der Waals surface area contributed by atoms with Crippen molar-refractivity contribution >= 4 is 22.9 Å². The maximum absolute atomic E-state index is 6.00. The zero-order valence-corrected chi connectivity index (χ0v) is 10.5. The third-order valence-corrected chi connectivity index (χ3v) is 3.10. The Balaban J connectivity index is 2.34. The van der Waals surface area contributed by atoms with Gasteiger partial charge in [-0.1, -0.05) is 23.7 Å². The van der Waals surface area contributed by atoms with Gasteiger partial charge in [0.05, 0.1) is 5.69 Å². The average Bonchev–Trinajstić information content (AvgIpc) is 2.80. The normalized spacial score (nSPS) is 11.0. The van der Waals surface area contributed by atoms with Gasteiger partial charge < -0.3 is 5.73 Å². The van der Waals surface area contributed by atoms with Gasteiger partial charge in [-0.05, 0) is 31.2 Å². The van der Waals surface area contributed by atoms with E-state index in [1.807, 2.05) is 47.7 Å². The van der Waals surface area contributed by atoms with E-state index in [0.717, 1.165) is 17.1 Å². The number of halogens is 1. The first kappa shape index (κ1) is 11.0. The zero-order chi connectivity index (χ0) is 12.7. The summed E-state index contributed by atoms with van der Waals surface area (Å²) >= 11 is 6.00. The first-order valence-electron chi connectivity index (χ1n) is 5.53. The highest BCUT2D eigenvalue weighted by Crippen LogP contribution is 2.24. The number of anilines is 1. The standard InChI is InChI=1S/C13H11ClN4/c1-8-5-6-11(15)13-17-16-12(18(8)13)9-3-2-4-10(14)7-9/h2-7H,15H2,1H3. The average molecular weight is 259 g/mol. The van der Waals surface area contributed by atoms with Gasteiger partial charge in [-0.2, -0.15) is 0 Å². The van der Waals surface area contributed by atoms with E-state index in [1.165, 1.54) is 0 Å². The summed E-state index contributed by atoms with van der Waals surface area (Å²) in [7, 11) is 0. The molecule has 0 amide bonds. The molecule has 4 nitrogen and oxygen atoms in total. The Morgan fingerprint density at radius 3 is 2.78 bits per heavy atom. The van der Waals surface area contributed by atoms with Crippen LogP contribution in [0.1, 0.15) is 5.69 Å². The molecule has 2 N–H and O–H groups in total. The van der Waals surface area contributed by atoms with Crippen LogP contribution in [0, 0.1) is 6.92 Å². The van der Waals surface area contributed by atoms with E-state index in [0.29, 0.717) is 16.4 Å². The Morgan fingerprint density at radius 1 is 1.17 bits per heavy atom. The Kier molecular flexibility index (Phi) is 2.45. The topological polar surface area (TPSA) is 56.2 Å². The Bertz CT molecular complexity index is 733. The summed E-state index contributed by atoms with van der Waals surface area (Å²) in [5, 5.41) is 9.00. The summed E-state index contributed by atoms with van der Waals surface area (Å²) in [6.45, 7) is 1.99. The number of rotatable bonds is 1. The number of aryl methyl sites for hydroxylation is 1. The van der Waals surface area contributed by atoms with E-state index in [9.17, 15) is 0 Å². The van der Waals surface area contributed by atoms with E-state index >= 15 is 0 Å². The molecule has 0 aliphatic heterocycles. The molecule has 0 radical (unpaired) electrons. The van der Waals surface area contributed by atoms with Crippen LogP contribution < -0.4 is 5.73 Å². The van der Waals surface area contributed by atoms with Gasteiger partial charge >= 0.3 is 0 Å². The Morgan fingerprint density at radius 2 is 2.00 bits per heavy atom. The van der Waals surface area contributed by atoms with Crippen molar-refractivity contribution in [2.24, 2.45) is 0 Å². The van der Waals surface area contributed by atoms with Gasteiger partial charge in [-0.25, -0.2) is 0 Å². The van der Waals surface area contributed by atoms with Crippen molar-refractivity contribution in [2.45, 2.75) is 6.92 Å². The van der Waals surface area contributed by atoms with E-state index in [2.05, 4.69) is 10.2 Å². The number of hydrogen-bond donors (Lipinski definition) is 1. The molecule has 0 bridgehead atoms. The molecule has 2 heterocycles. The van der Waals surface area contributed by atoms with Gasteiger partial charge in [0, 0.05) is 16.3 Å². The van der Waals surface area contributed by atoms with Crippen molar-refractivity contribution in [3.8, 4) is 11.4 Å². The number of nitrogens with two attached hydrogens (primary N) is 1. The summed E-state index contributed by atoms with van der Waals surface area (Å²) in [5.74, 6) is 0.748. The largest absolute Gasteiger partial charge is 0.396 e. The van der Waals surface area contributed by atoms with Crippen LogP contribution in [-0.4, -0.2) is 14.6 Å². The lowest BCUT2D eigenvalue weighted by Gasteiger charge is -2.05. The number of fused-ring (bicyclic) bond motifs is 1. The highest BCUT2D eigenvalue weighted by Gasteiger charge is 2.11. The maximum atomic E-state index is 6.00. The minimum atomic E-state index is 0.612. The smallest absolute Gasteiger partial charge is 0.184 e. The highest BCUT2D eigenvalue weighted by atomic mass is 35.5. The fourth-order valence-electron chi connectivity index (χ4n) is 1.98. The van der Waals surface area contributed by atoms with Crippen LogP contribution in [0.4, 0.5) is 5.69 Å². The van der Waals surface area contributed by atoms with Crippen LogP contribution in [0.2, 0.25) is 5.02 Å². The first-order valence-corrected chi connectivity index (χ1v) is 5.91. The molecule has 0 atom stereocenters. The number of pyridine rings is 1. The lowest BCUT2D eigenvalue weighted by atomic mass is 10.2. The molecule has 3 rings (SSSR count). The molecular formula is C13H11ClN4. The first-order chi connectivity index (χ1) is 8.66. The molecule has 2 aromatic heterocycles. The van der Waals surface area contributed by atoms with Crippen molar-refractivity contribution in [2.75, 3.05) is 5.73 Å². The molecule has 0 saturated heterocycles. The molecule has 0 aliphatic rings. The fourth-order valence-corrected chi connectivity index (χ4v) is 2.17. The summed E-state index contributed by atoms with van der Waals surface area (Å²) in [6, 6.07) is 11.3. The molecule has 3 aromatic rings. The SMILES string of the molecule is Cc1ccc(N)c2nnc(-c3cccc(Cl)c3)n12. The summed E-state index contributed by atoms with van der Waals surface area (Å²) in [5.41, 5.74) is 9.13. The Hall–Kier alpha value is -2.07. The molecule has 0 fully saturated rings. The molecule has 90 valence electrons. The summed E-state index contributed by atoms with van der Waals surface area (Å²) in [4.78, 5) is 0. The second kappa shape index (κ2) is 3.99. The second-order valence-electron chi connectivity index (χ2n) is 4.12. The summed E-state index contributed by atoms with van der Waals surface area (Å²) in [6.07, 6.45) is 0. The molecule has 0 aliphatic carbocycles. The zero-order valence-electron chi connectivity index (χ0n) is 9.76. The Labute approximate surface area is 109 Å². The number of benzene rings is 1. The summed E-state index contributed by atoms with van der Waals surface area (Å²) < 4.78 is 1.93. The lowest BCUT2D eigenvalue weighted by molar-refractivity contribution is 1.08. The van der Waals surface area contributed by atoms with Gasteiger partial charge in [-0.15, -0.1) is 10.2 Å². The number of nitrogens with zero attached hydrogens (tertiary/aromatic N) is 3. The van der Waals surface area contributed by atoms with Crippen molar-refractivity contribution in [3.63, 3.8) is 0 Å². The number of aromatic nitrogens is 3. The van der Waals surface area contributed by atoms with Gasteiger partial charge in [0.25, 0.3) is 0 Å². The predicted octanol–water partition coefficient (Wildman–Crippen LogP) is 2.94. The van der Waals surface area contributed by atoms with Gasteiger partial charge in [0.1, 0.15) is 0 Å². The van der Waals surface area contributed by atoms with Gasteiger partial charge in [0.2, 0.25) is 0 Å². The van der Waals surface area contributed by atoms with E-state index in [4.69, 9.17) is 17.3 Å². The predicted molar refractivity (Wildman–Crippen MR) is 72.6 cm³/mol. The number of nitrogen functional groups attached to an aromatic ring is 1. The van der Waals surface area contributed by atoms with Crippen molar-refractivity contribution < 1.29 is 0 Å². The molecule has 0 saturated carbocycles. The van der Waals surface area contributed by atoms with Crippen LogP contribution in [-0.2, 0) is 0 Å². The van der Waals surface area contributed by atoms with E-state index < -0.39 is 0 Å². The molecule has 5 heteroatoms. The van der Waals surface area contributed by atoms with E-state index in [1.54, 1.807) is 0 Å². The second-order valence-corrected chi connectivity index (χ2v) is 4.56. The monoisotopic (exact) mass is 258 g/mol. The molecule has 1 aromatic carbocycles. The fraction of sp³-hybridized carbons (Fsp3) is 0.0769. The quantitative estimate of drug-likeness (QED) is 0.730. The van der Waals surface area contributed by atoms with Gasteiger partial charge in [0.15, 0.2) is 11.5 Å². The van der Waals surface area contributed by atoms with Crippen molar-refractivity contribution in [1.82, 2.24) is 14.6 Å². The molecule has 0 spiro atoms. The van der Waals surface area contributed by atoms with Crippen LogP contribution in [0.5, 0.6) is 0 Å². The van der Waals surface area contributed by atoms with Crippen LogP contribution >= 0.6 is 11.6 Å². The minimum Gasteiger partial charge on any atom is -0.396 e. The van der Waals surface area contributed by atoms with E-state index in [-0.39, 0.29) is 0 Å². The number of hydrogen-bond acceptors (Lipinski definition) is 3. The van der Waals surface area contributed by atoms with Gasteiger partial charge in [-0.3, -0.25) is 4.40 Å². The lowest BCUT2D eigenvalue weighted by Crippen LogP contribution is -1.97. The molecule has 18 heavy (non-hydrogen) atoms. The van der Waals surface area contributed by atoms with Crippen molar-refractivity contribution in [3.05, 3.63) is 47.1 Å². The minimum absolute atomic E-state index is 0.612. The third kappa shape index (κ3) is 1.62. The highest BCUT2D eigenvalue weighted by molar-refractivity contribution is 6.30. The molecular weight excluding hydrogens is 248 g/mol. The molecule has 0 unspecified atom stereocenters.